The minimum atomic E-state index is -1.42. The first-order chi connectivity index (χ1) is 11.7. The molecule has 2 rings (SSSR count). The van der Waals surface area contributed by atoms with E-state index in [1.54, 1.807) is 13.1 Å². The number of cyclic esters (lactones) is 1. The standard InChI is InChI=1S/C9H13NO3.C6H8O6/c1-10-5-9(13)6-2-3-7(11)8(12)4-6;7-1-2(8)5-3(9)4(10)6(11)12-5/h2-4,9-13H,5H2,1H3;2,5,7-10H,1H2. The first-order valence-electron chi connectivity index (χ1n) is 7.19. The van der Waals surface area contributed by atoms with Crippen LogP contribution in [0.5, 0.6) is 11.5 Å². The van der Waals surface area contributed by atoms with Crippen LogP contribution in [0.4, 0.5) is 0 Å². The predicted octanol–water partition coefficient (Wildman–Crippen LogP) is -1.06. The Morgan fingerprint density at radius 2 is 1.80 bits per heavy atom. The molecule has 0 bridgehead atoms. The Balaban J connectivity index is 0.000000251. The summed E-state index contributed by atoms with van der Waals surface area (Å²) in [6.45, 7) is -0.264. The molecule has 0 amide bonds. The van der Waals surface area contributed by atoms with Gasteiger partial charge in [0, 0.05) is 6.54 Å². The molecule has 0 spiro atoms. The molecule has 8 N–H and O–H groups in total. The van der Waals surface area contributed by atoms with Gasteiger partial charge < -0.3 is 45.8 Å². The van der Waals surface area contributed by atoms with Gasteiger partial charge in [-0.3, -0.25) is 0 Å². The smallest absolute Gasteiger partial charge is 0.377 e. The van der Waals surface area contributed by atoms with Crippen molar-refractivity contribution < 1.29 is 45.3 Å². The molecule has 0 aliphatic carbocycles. The summed E-state index contributed by atoms with van der Waals surface area (Å²) in [4.78, 5) is 10.5. The largest absolute Gasteiger partial charge is 0.505 e. The van der Waals surface area contributed by atoms with Crippen LogP contribution < -0.4 is 5.32 Å². The van der Waals surface area contributed by atoms with E-state index in [0.29, 0.717) is 12.1 Å². The number of rotatable bonds is 5. The lowest BCUT2D eigenvalue weighted by Gasteiger charge is -2.13. The number of esters is 1. The van der Waals surface area contributed by atoms with Crippen molar-refractivity contribution in [2.45, 2.75) is 18.3 Å². The molecule has 0 aromatic heterocycles. The summed E-state index contributed by atoms with van der Waals surface area (Å²) in [7, 11) is 1.73. The number of phenolic OH excluding ortho intramolecular Hbond substituents is 2. The lowest BCUT2D eigenvalue weighted by Crippen LogP contribution is -2.31. The predicted molar refractivity (Wildman–Crippen MR) is 83.9 cm³/mol. The normalized spacial score (nSPS) is 19.0. The van der Waals surface area contributed by atoms with Gasteiger partial charge in [-0.2, -0.15) is 0 Å². The van der Waals surface area contributed by atoms with Gasteiger partial charge in [0.15, 0.2) is 23.4 Å². The Morgan fingerprint density at radius 1 is 1.16 bits per heavy atom. The highest BCUT2D eigenvalue weighted by atomic mass is 16.6. The molecule has 1 heterocycles. The van der Waals surface area contributed by atoms with Gasteiger partial charge in [-0.15, -0.1) is 0 Å². The van der Waals surface area contributed by atoms with E-state index in [9.17, 15) is 9.90 Å². The highest BCUT2D eigenvalue weighted by molar-refractivity contribution is 5.89. The minimum Gasteiger partial charge on any atom is -0.505 e. The van der Waals surface area contributed by atoms with E-state index in [-0.39, 0.29) is 11.5 Å². The third-order valence-electron chi connectivity index (χ3n) is 3.26. The number of aliphatic hydroxyl groups excluding tert-OH is 5. The van der Waals surface area contributed by atoms with Crippen LogP contribution in [0.15, 0.2) is 29.7 Å². The zero-order chi connectivity index (χ0) is 19.1. The number of carbonyl (C=O) groups excluding carboxylic acids is 1. The van der Waals surface area contributed by atoms with Crippen LogP contribution in [0.2, 0.25) is 0 Å². The van der Waals surface area contributed by atoms with E-state index in [0.717, 1.165) is 0 Å². The summed E-state index contributed by atoms with van der Waals surface area (Å²) >= 11 is 0. The lowest BCUT2D eigenvalue weighted by molar-refractivity contribution is -0.147. The van der Waals surface area contributed by atoms with Crippen molar-refractivity contribution in [2.24, 2.45) is 0 Å². The fraction of sp³-hybridized carbons (Fsp3) is 0.400. The van der Waals surface area contributed by atoms with Gasteiger partial charge in [0.1, 0.15) is 6.10 Å². The van der Waals surface area contributed by atoms with Crippen LogP contribution in [0.25, 0.3) is 0 Å². The second-order valence-electron chi connectivity index (χ2n) is 5.13. The molecule has 0 saturated heterocycles. The molecule has 0 radical (unpaired) electrons. The first kappa shape index (κ1) is 20.5. The number of aromatic hydroxyl groups is 2. The summed E-state index contributed by atoms with van der Waals surface area (Å²) in [6, 6.07) is 4.26. The number of likely N-dealkylation sites (N-methyl/N-ethyl adjacent to an activating group) is 1. The first-order valence-corrected chi connectivity index (χ1v) is 7.19. The second kappa shape index (κ2) is 9.08. The molecule has 1 aromatic rings. The van der Waals surface area contributed by atoms with Crippen molar-refractivity contribution in [3.8, 4) is 11.5 Å². The quantitative estimate of drug-likeness (QED) is 0.238. The SMILES string of the molecule is CNCC(O)c1ccc(O)c(O)c1.O=C1OC(C(O)CO)C(O)=C1O. The molecule has 3 atom stereocenters. The van der Waals surface area contributed by atoms with E-state index in [2.05, 4.69) is 10.1 Å². The van der Waals surface area contributed by atoms with E-state index >= 15 is 0 Å². The molecular weight excluding hydrogens is 338 g/mol. The van der Waals surface area contributed by atoms with Crippen LogP contribution in [-0.4, -0.2) is 74.1 Å². The van der Waals surface area contributed by atoms with Crippen LogP contribution in [-0.2, 0) is 9.53 Å². The molecule has 0 fully saturated rings. The third-order valence-corrected chi connectivity index (χ3v) is 3.26. The van der Waals surface area contributed by atoms with E-state index < -0.39 is 42.4 Å². The number of benzene rings is 1. The zero-order valence-electron chi connectivity index (χ0n) is 13.3. The number of phenols is 2. The highest BCUT2D eigenvalue weighted by Gasteiger charge is 2.38. The average Bonchev–Trinajstić information content (AvgIpc) is 2.85. The van der Waals surface area contributed by atoms with Gasteiger partial charge in [0.05, 0.1) is 12.7 Å². The summed E-state index contributed by atoms with van der Waals surface area (Å²) in [5.74, 6) is -3.17. The monoisotopic (exact) mass is 359 g/mol. The second-order valence-corrected chi connectivity index (χ2v) is 5.13. The number of carbonyl (C=O) groups is 1. The Labute approximate surface area is 142 Å². The Bertz CT molecular complexity index is 631. The molecule has 1 aromatic carbocycles. The van der Waals surface area contributed by atoms with Crippen molar-refractivity contribution in [2.75, 3.05) is 20.2 Å². The number of hydrogen-bond acceptors (Lipinski definition) is 10. The summed E-state index contributed by atoms with van der Waals surface area (Å²) in [5.41, 5.74) is 0.574. The Hall–Kier alpha value is -2.53. The van der Waals surface area contributed by atoms with E-state index in [1.807, 2.05) is 0 Å². The summed E-state index contributed by atoms with van der Waals surface area (Å²) in [5, 5.41) is 65.5. The summed E-state index contributed by atoms with van der Waals surface area (Å²) in [6.07, 6.45) is -3.45. The van der Waals surface area contributed by atoms with Gasteiger partial charge in [0.2, 0.25) is 5.76 Å². The molecule has 1 aliphatic rings. The van der Waals surface area contributed by atoms with Gasteiger partial charge in [-0.25, -0.2) is 4.79 Å². The molecule has 3 unspecified atom stereocenters. The van der Waals surface area contributed by atoms with Gasteiger partial charge in [0.25, 0.3) is 0 Å². The maximum absolute atomic E-state index is 10.5. The molecular formula is C15H21NO9. The Kier molecular flexibility index (Phi) is 7.45. The minimum absolute atomic E-state index is 0.180. The van der Waals surface area contributed by atoms with Crippen molar-refractivity contribution in [3.05, 3.63) is 35.3 Å². The maximum atomic E-state index is 10.5. The van der Waals surface area contributed by atoms with E-state index in [4.69, 9.17) is 30.6 Å². The van der Waals surface area contributed by atoms with Crippen LogP contribution in [0.1, 0.15) is 11.7 Å². The van der Waals surface area contributed by atoms with Gasteiger partial charge in [-0.05, 0) is 24.7 Å². The number of ether oxygens (including phenoxy) is 1. The maximum Gasteiger partial charge on any atom is 0.377 e. The molecule has 25 heavy (non-hydrogen) atoms. The zero-order valence-corrected chi connectivity index (χ0v) is 13.3. The molecule has 140 valence electrons. The van der Waals surface area contributed by atoms with Crippen LogP contribution in [0, 0.1) is 0 Å². The van der Waals surface area contributed by atoms with Gasteiger partial charge >= 0.3 is 5.97 Å². The molecule has 10 heteroatoms. The van der Waals surface area contributed by atoms with Crippen molar-refractivity contribution >= 4 is 5.97 Å². The third kappa shape index (κ3) is 5.22. The molecule has 0 saturated carbocycles. The Morgan fingerprint density at radius 3 is 2.24 bits per heavy atom. The van der Waals surface area contributed by atoms with Crippen molar-refractivity contribution in [1.29, 1.82) is 0 Å². The number of nitrogens with one attached hydrogen (secondary N) is 1. The van der Waals surface area contributed by atoms with Crippen molar-refractivity contribution in [1.82, 2.24) is 5.32 Å². The number of hydrogen-bond donors (Lipinski definition) is 8. The number of aliphatic hydroxyl groups is 5. The highest BCUT2D eigenvalue weighted by Crippen LogP contribution is 2.27. The average molecular weight is 359 g/mol. The fourth-order valence-electron chi connectivity index (χ4n) is 1.88. The van der Waals surface area contributed by atoms with Crippen molar-refractivity contribution in [3.63, 3.8) is 0 Å². The molecule has 10 nitrogen and oxygen atoms in total. The van der Waals surface area contributed by atoms with Crippen LogP contribution in [0.3, 0.4) is 0 Å². The van der Waals surface area contributed by atoms with Crippen LogP contribution >= 0.6 is 0 Å². The van der Waals surface area contributed by atoms with Gasteiger partial charge in [-0.1, -0.05) is 6.07 Å². The fourth-order valence-corrected chi connectivity index (χ4v) is 1.88. The van der Waals surface area contributed by atoms with E-state index in [1.165, 1.54) is 12.1 Å². The molecule has 1 aliphatic heterocycles. The topological polar surface area (TPSA) is 180 Å². The lowest BCUT2D eigenvalue weighted by atomic mass is 10.1. The summed E-state index contributed by atoms with van der Waals surface area (Å²) < 4.78 is 4.32.